The fraction of sp³-hybridized carbons (Fsp3) is 0.471. The molecule has 0 N–H and O–H groups in total. The lowest BCUT2D eigenvalue weighted by Gasteiger charge is -2.17. The van der Waals surface area contributed by atoms with Crippen molar-refractivity contribution in [3.05, 3.63) is 29.4 Å². The van der Waals surface area contributed by atoms with Crippen molar-refractivity contribution in [1.82, 2.24) is 9.55 Å². The third-order valence-corrected chi connectivity index (χ3v) is 4.59. The van der Waals surface area contributed by atoms with Crippen molar-refractivity contribution in [1.29, 1.82) is 0 Å². The van der Waals surface area contributed by atoms with E-state index in [1.54, 1.807) is 20.3 Å². The molecule has 1 atom stereocenters. The Morgan fingerprint density at radius 2 is 2.09 bits per heavy atom. The highest BCUT2D eigenvalue weighted by Gasteiger charge is 2.33. The van der Waals surface area contributed by atoms with E-state index in [1.165, 1.54) is 12.8 Å². The number of benzene rings is 1. The molecule has 1 heterocycles. The standard InChI is InChI=1S/C17H21ClN2O2/c1-4-16(11-5-6-11)20-10-15(19-17(20)22-3)13-8-7-12(21-2)9-14(13)18/h7-11,16H,4-6H2,1-3H3. The van der Waals surface area contributed by atoms with Crippen LogP contribution in [0.4, 0.5) is 0 Å². The molecule has 5 heteroatoms. The second-order valence-electron chi connectivity index (χ2n) is 5.68. The SMILES string of the molecule is CCC(C1CC1)n1cc(-c2ccc(OC)cc2Cl)nc1OC. The molecule has 2 aromatic rings. The molecule has 1 aromatic carbocycles. The van der Waals surface area contributed by atoms with Crippen molar-refractivity contribution < 1.29 is 9.47 Å². The maximum atomic E-state index is 6.37. The average molecular weight is 321 g/mol. The van der Waals surface area contributed by atoms with Gasteiger partial charge in [-0.05, 0) is 43.4 Å². The van der Waals surface area contributed by atoms with Crippen LogP contribution in [0, 0.1) is 5.92 Å². The molecule has 1 aliphatic rings. The molecule has 1 aliphatic carbocycles. The van der Waals surface area contributed by atoms with Gasteiger partial charge in [0.2, 0.25) is 0 Å². The van der Waals surface area contributed by atoms with E-state index in [-0.39, 0.29) is 0 Å². The van der Waals surface area contributed by atoms with Gasteiger partial charge in [0.05, 0.1) is 24.9 Å². The summed E-state index contributed by atoms with van der Waals surface area (Å²) < 4.78 is 12.8. The smallest absolute Gasteiger partial charge is 0.296 e. The summed E-state index contributed by atoms with van der Waals surface area (Å²) in [6.07, 6.45) is 5.71. The van der Waals surface area contributed by atoms with Crippen LogP contribution in [-0.2, 0) is 0 Å². The highest BCUT2D eigenvalue weighted by Crippen LogP contribution is 2.44. The zero-order valence-electron chi connectivity index (χ0n) is 13.2. The summed E-state index contributed by atoms with van der Waals surface area (Å²) in [4.78, 5) is 4.61. The number of ether oxygens (including phenoxy) is 2. The van der Waals surface area contributed by atoms with Gasteiger partial charge >= 0.3 is 0 Å². The van der Waals surface area contributed by atoms with Crippen LogP contribution in [0.5, 0.6) is 11.8 Å². The predicted octanol–water partition coefficient (Wildman–Crippen LogP) is 4.58. The highest BCUT2D eigenvalue weighted by molar-refractivity contribution is 6.33. The molecule has 0 aliphatic heterocycles. The van der Waals surface area contributed by atoms with E-state index >= 15 is 0 Å². The van der Waals surface area contributed by atoms with E-state index < -0.39 is 0 Å². The first-order valence-electron chi connectivity index (χ1n) is 7.64. The molecule has 22 heavy (non-hydrogen) atoms. The Kier molecular flexibility index (Phi) is 4.30. The molecule has 0 saturated heterocycles. The van der Waals surface area contributed by atoms with E-state index in [0.717, 1.165) is 29.3 Å². The lowest BCUT2D eigenvalue weighted by molar-refractivity contribution is 0.318. The summed E-state index contributed by atoms with van der Waals surface area (Å²) in [5, 5.41) is 0.631. The Hall–Kier alpha value is -1.68. The minimum absolute atomic E-state index is 0.452. The third-order valence-electron chi connectivity index (χ3n) is 4.27. The molecule has 4 nitrogen and oxygen atoms in total. The first-order chi connectivity index (χ1) is 10.7. The highest BCUT2D eigenvalue weighted by atomic mass is 35.5. The van der Waals surface area contributed by atoms with Crippen LogP contribution in [0.3, 0.4) is 0 Å². The number of methoxy groups -OCH3 is 2. The molecule has 0 bridgehead atoms. The van der Waals surface area contributed by atoms with Gasteiger partial charge in [-0.15, -0.1) is 0 Å². The van der Waals surface area contributed by atoms with Crippen molar-refractivity contribution in [3.63, 3.8) is 0 Å². The molecule has 1 fully saturated rings. The van der Waals surface area contributed by atoms with Gasteiger partial charge in [-0.25, -0.2) is 0 Å². The van der Waals surface area contributed by atoms with Gasteiger partial charge in [0.15, 0.2) is 0 Å². The quantitative estimate of drug-likeness (QED) is 0.781. The third kappa shape index (κ3) is 2.80. The second-order valence-corrected chi connectivity index (χ2v) is 6.09. The summed E-state index contributed by atoms with van der Waals surface area (Å²) in [5.74, 6) is 1.48. The number of imidazole rings is 1. The minimum atomic E-state index is 0.452. The van der Waals surface area contributed by atoms with Crippen LogP contribution in [0.25, 0.3) is 11.3 Å². The fourth-order valence-electron chi connectivity index (χ4n) is 2.96. The summed E-state index contributed by atoms with van der Waals surface area (Å²) in [6.45, 7) is 2.21. The first kappa shape index (κ1) is 15.2. The van der Waals surface area contributed by atoms with E-state index in [2.05, 4.69) is 22.7 Å². The molecule has 1 unspecified atom stereocenters. The summed E-state index contributed by atoms with van der Waals surface area (Å²) in [7, 11) is 3.29. The molecule has 3 rings (SSSR count). The predicted molar refractivity (Wildman–Crippen MR) is 87.8 cm³/mol. The topological polar surface area (TPSA) is 36.3 Å². The Balaban J connectivity index is 1.99. The molecule has 0 spiro atoms. The van der Waals surface area contributed by atoms with Gasteiger partial charge in [-0.2, -0.15) is 4.98 Å². The van der Waals surface area contributed by atoms with Gasteiger partial charge in [-0.1, -0.05) is 18.5 Å². The van der Waals surface area contributed by atoms with Gasteiger partial charge in [0, 0.05) is 17.8 Å². The average Bonchev–Trinajstić information content (AvgIpc) is 3.27. The van der Waals surface area contributed by atoms with E-state index in [0.29, 0.717) is 17.1 Å². The summed E-state index contributed by atoms with van der Waals surface area (Å²) in [6, 6.07) is 6.74. The Labute approximate surface area is 136 Å². The first-order valence-corrected chi connectivity index (χ1v) is 8.02. The Morgan fingerprint density at radius 1 is 1.32 bits per heavy atom. The van der Waals surface area contributed by atoms with Crippen LogP contribution in [0.15, 0.2) is 24.4 Å². The van der Waals surface area contributed by atoms with Crippen LogP contribution in [-0.4, -0.2) is 23.8 Å². The summed E-state index contributed by atoms with van der Waals surface area (Å²) in [5.41, 5.74) is 1.73. The zero-order valence-corrected chi connectivity index (χ0v) is 13.9. The molecular formula is C17H21ClN2O2. The van der Waals surface area contributed by atoms with Crippen LogP contribution in [0.2, 0.25) is 5.02 Å². The Morgan fingerprint density at radius 3 is 2.64 bits per heavy atom. The number of aromatic nitrogens is 2. The van der Waals surface area contributed by atoms with Gasteiger partial charge in [-0.3, -0.25) is 4.57 Å². The lowest BCUT2D eigenvalue weighted by atomic mass is 10.1. The number of nitrogens with zero attached hydrogens (tertiary/aromatic N) is 2. The van der Waals surface area contributed by atoms with Crippen molar-refractivity contribution in [2.45, 2.75) is 32.2 Å². The molecule has 1 aromatic heterocycles. The number of rotatable bonds is 6. The van der Waals surface area contributed by atoms with Crippen LogP contribution in [0.1, 0.15) is 32.2 Å². The van der Waals surface area contributed by atoms with Crippen molar-refractivity contribution in [2.75, 3.05) is 14.2 Å². The van der Waals surface area contributed by atoms with Crippen molar-refractivity contribution >= 4 is 11.6 Å². The molecule has 1 saturated carbocycles. The van der Waals surface area contributed by atoms with Crippen molar-refractivity contribution in [2.24, 2.45) is 5.92 Å². The normalized spacial score (nSPS) is 15.6. The fourth-order valence-corrected chi connectivity index (χ4v) is 3.23. The molecule has 0 radical (unpaired) electrons. The molecule has 0 amide bonds. The second kappa shape index (κ2) is 6.21. The Bertz CT molecular complexity index is 665. The van der Waals surface area contributed by atoms with E-state index in [1.807, 2.05) is 12.1 Å². The van der Waals surface area contributed by atoms with E-state index in [4.69, 9.17) is 21.1 Å². The van der Waals surface area contributed by atoms with Crippen LogP contribution >= 0.6 is 11.6 Å². The maximum Gasteiger partial charge on any atom is 0.296 e. The number of hydrogen-bond acceptors (Lipinski definition) is 3. The monoisotopic (exact) mass is 320 g/mol. The van der Waals surface area contributed by atoms with Gasteiger partial charge < -0.3 is 9.47 Å². The largest absolute Gasteiger partial charge is 0.497 e. The van der Waals surface area contributed by atoms with Crippen molar-refractivity contribution in [3.8, 4) is 23.0 Å². The van der Waals surface area contributed by atoms with Crippen LogP contribution < -0.4 is 9.47 Å². The summed E-state index contributed by atoms with van der Waals surface area (Å²) >= 11 is 6.37. The molecular weight excluding hydrogens is 300 g/mol. The number of halogens is 1. The lowest BCUT2D eigenvalue weighted by Crippen LogP contribution is -2.10. The number of hydrogen-bond donors (Lipinski definition) is 0. The molecule has 118 valence electrons. The zero-order chi connectivity index (χ0) is 15.7. The minimum Gasteiger partial charge on any atom is -0.497 e. The van der Waals surface area contributed by atoms with E-state index in [9.17, 15) is 0 Å². The maximum absolute atomic E-state index is 6.37. The van der Waals surface area contributed by atoms with Gasteiger partial charge in [0.25, 0.3) is 6.01 Å². The van der Waals surface area contributed by atoms with Gasteiger partial charge in [0.1, 0.15) is 5.75 Å².